The topological polar surface area (TPSA) is 68.5 Å². The Morgan fingerprint density at radius 3 is 2.67 bits per heavy atom. The van der Waals surface area contributed by atoms with Gasteiger partial charge in [0.05, 0.1) is 12.2 Å². The molecule has 1 aromatic carbocycles. The minimum Gasteiger partial charge on any atom is -0.383 e. The van der Waals surface area contributed by atoms with E-state index in [4.69, 9.17) is 10.5 Å². The zero-order valence-corrected chi connectivity index (χ0v) is 12.5. The molecule has 1 heterocycles. The Labute approximate surface area is 124 Å². The van der Waals surface area contributed by atoms with Gasteiger partial charge in [0, 0.05) is 31.3 Å². The van der Waals surface area contributed by atoms with E-state index in [0.29, 0.717) is 37.7 Å². The molecule has 0 aliphatic rings. The van der Waals surface area contributed by atoms with E-state index >= 15 is 0 Å². The lowest BCUT2D eigenvalue weighted by Crippen LogP contribution is -2.34. The molecule has 0 aliphatic heterocycles. The number of nitrogens with two attached hydrogens (primary N) is 1. The molecule has 2 rings (SSSR count). The summed E-state index contributed by atoms with van der Waals surface area (Å²) >= 11 is 0. The molecule has 0 unspecified atom stereocenters. The van der Waals surface area contributed by atoms with Gasteiger partial charge < -0.3 is 15.4 Å². The summed E-state index contributed by atoms with van der Waals surface area (Å²) in [6.45, 7) is 6.28. The van der Waals surface area contributed by atoms with E-state index in [-0.39, 0.29) is 5.91 Å². The Balaban J connectivity index is 2.32. The van der Waals surface area contributed by atoms with Crippen molar-refractivity contribution in [3.8, 4) is 0 Å². The number of nitrogen functional groups attached to an aromatic ring is 1. The van der Waals surface area contributed by atoms with E-state index in [0.717, 1.165) is 10.8 Å². The van der Waals surface area contributed by atoms with Crippen LogP contribution < -0.4 is 5.73 Å². The maximum atomic E-state index is 12.7. The van der Waals surface area contributed by atoms with E-state index in [2.05, 4.69) is 4.98 Å². The Hall–Kier alpha value is -2.14. The molecule has 0 saturated heterocycles. The number of rotatable bonds is 6. The number of hydrogen-bond acceptors (Lipinski definition) is 4. The first-order valence-corrected chi connectivity index (χ1v) is 7.19. The number of carbonyl (C=O) groups is 1. The number of aromatic nitrogens is 1. The highest BCUT2D eigenvalue weighted by Gasteiger charge is 2.17. The van der Waals surface area contributed by atoms with Crippen molar-refractivity contribution >= 4 is 22.5 Å². The third-order valence-corrected chi connectivity index (χ3v) is 3.43. The molecule has 0 spiro atoms. The molecule has 5 heteroatoms. The van der Waals surface area contributed by atoms with Crippen LogP contribution in [0.5, 0.6) is 0 Å². The number of amides is 1. The molecule has 2 aromatic rings. The number of fused-ring (bicyclic) bond motifs is 1. The molecule has 0 aliphatic carbocycles. The Morgan fingerprint density at radius 1 is 1.29 bits per heavy atom. The van der Waals surface area contributed by atoms with Crippen LogP contribution in [0.1, 0.15) is 24.2 Å². The molecular weight excluding hydrogens is 266 g/mol. The number of anilines is 1. The van der Waals surface area contributed by atoms with E-state index < -0.39 is 0 Å². The fraction of sp³-hybridized carbons (Fsp3) is 0.375. The molecule has 1 amide bonds. The van der Waals surface area contributed by atoms with Crippen molar-refractivity contribution in [2.75, 3.05) is 32.0 Å². The van der Waals surface area contributed by atoms with Gasteiger partial charge in [0.15, 0.2) is 0 Å². The van der Waals surface area contributed by atoms with Gasteiger partial charge in [-0.3, -0.25) is 4.79 Å². The molecule has 0 atom stereocenters. The standard InChI is InChI=1S/C16H21N3O2/c1-3-19(9-10-21-4-2)16(20)14-11-18-15(17)13-8-6-5-7-12(13)14/h5-8,11H,3-4,9-10H2,1-2H3,(H2,17,18). The predicted molar refractivity (Wildman–Crippen MR) is 84.2 cm³/mol. The maximum absolute atomic E-state index is 12.7. The van der Waals surface area contributed by atoms with Gasteiger partial charge in [-0.2, -0.15) is 0 Å². The molecule has 5 nitrogen and oxygen atoms in total. The van der Waals surface area contributed by atoms with Gasteiger partial charge in [0.1, 0.15) is 5.82 Å². The van der Waals surface area contributed by atoms with Crippen molar-refractivity contribution in [3.63, 3.8) is 0 Å². The van der Waals surface area contributed by atoms with Gasteiger partial charge >= 0.3 is 0 Å². The molecule has 0 saturated carbocycles. The zero-order chi connectivity index (χ0) is 15.2. The van der Waals surface area contributed by atoms with Crippen LogP contribution in [0.2, 0.25) is 0 Å². The minimum atomic E-state index is -0.0408. The third kappa shape index (κ3) is 3.31. The fourth-order valence-corrected chi connectivity index (χ4v) is 2.28. The first-order valence-electron chi connectivity index (χ1n) is 7.19. The van der Waals surface area contributed by atoms with Crippen LogP contribution in [0.15, 0.2) is 30.5 Å². The number of carbonyl (C=O) groups excluding carboxylic acids is 1. The second kappa shape index (κ2) is 7.04. The van der Waals surface area contributed by atoms with Crippen LogP contribution in [0.3, 0.4) is 0 Å². The van der Waals surface area contributed by atoms with E-state index in [9.17, 15) is 4.79 Å². The van der Waals surface area contributed by atoms with Gasteiger partial charge in [0.25, 0.3) is 5.91 Å². The molecule has 1 aromatic heterocycles. The summed E-state index contributed by atoms with van der Waals surface area (Å²) in [7, 11) is 0. The van der Waals surface area contributed by atoms with Crippen molar-refractivity contribution in [1.82, 2.24) is 9.88 Å². The van der Waals surface area contributed by atoms with Crippen molar-refractivity contribution < 1.29 is 9.53 Å². The van der Waals surface area contributed by atoms with Gasteiger partial charge in [-0.1, -0.05) is 24.3 Å². The second-order valence-corrected chi connectivity index (χ2v) is 4.68. The van der Waals surface area contributed by atoms with E-state index in [1.54, 1.807) is 11.1 Å². The molecule has 0 fully saturated rings. The molecule has 21 heavy (non-hydrogen) atoms. The molecule has 0 bridgehead atoms. The van der Waals surface area contributed by atoms with Gasteiger partial charge in [-0.05, 0) is 19.2 Å². The summed E-state index contributed by atoms with van der Waals surface area (Å²) in [5.41, 5.74) is 6.46. The summed E-state index contributed by atoms with van der Waals surface area (Å²) in [5.74, 6) is 0.403. The van der Waals surface area contributed by atoms with Gasteiger partial charge in [-0.25, -0.2) is 4.98 Å². The Bertz CT molecular complexity index is 628. The van der Waals surface area contributed by atoms with E-state index in [1.165, 1.54) is 0 Å². The number of nitrogens with zero attached hydrogens (tertiary/aromatic N) is 2. The lowest BCUT2D eigenvalue weighted by molar-refractivity contribution is 0.0670. The van der Waals surface area contributed by atoms with Crippen molar-refractivity contribution in [3.05, 3.63) is 36.0 Å². The Morgan fingerprint density at radius 2 is 2.00 bits per heavy atom. The lowest BCUT2D eigenvalue weighted by atomic mass is 10.1. The predicted octanol–water partition coefficient (Wildman–Crippen LogP) is 2.32. The summed E-state index contributed by atoms with van der Waals surface area (Å²) in [4.78, 5) is 18.6. The normalized spacial score (nSPS) is 10.8. The van der Waals surface area contributed by atoms with E-state index in [1.807, 2.05) is 38.1 Å². The van der Waals surface area contributed by atoms with Gasteiger partial charge in [-0.15, -0.1) is 0 Å². The second-order valence-electron chi connectivity index (χ2n) is 4.68. The number of ether oxygens (including phenoxy) is 1. The van der Waals surface area contributed by atoms with Crippen LogP contribution >= 0.6 is 0 Å². The first kappa shape index (κ1) is 15.3. The van der Waals surface area contributed by atoms with Crippen LogP contribution in [-0.2, 0) is 4.74 Å². The van der Waals surface area contributed by atoms with Crippen LogP contribution in [0, 0.1) is 0 Å². The highest BCUT2D eigenvalue weighted by Crippen LogP contribution is 2.23. The summed E-state index contributed by atoms with van der Waals surface area (Å²) in [6.07, 6.45) is 1.56. The summed E-state index contributed by atoms with van der Waals surface area (Å²) < 4.78 is 5.33. The lowest BCUT2D eigenvalue weighted by Gasteiger charge is -2.21. The molecule has 2 N–H and O–H groups in total. The number of pyridine rings is 1. The number of benzene rings is 1. The SMILES string of the molecule is CCOCCN(CC)C(=O)c1cnc(N)c2ccccc12. The van der Waals surface area contributed by atoms with Crippen LogP contribution in [0.25, 0.3) is 10.8 Å². The largest absolute Gasteiger partial charge is 0.383 e. The molecular formula is C16H21N3O2. The van der Waals surface area contributed by atoms with Crippen LogP contribution in [0.4, 0.5) is 5.82 Å². The van der Waals surface area contributed by atoms with Crippen molar-refractivity contribution in [2.24, 2.45) is 0 Å². The monoisotopic (exact) mass is 287 g/mol. The first-order chi connectivity index (χ1) is 10.2. The smallest absolute Gasteiger partial charge is 0.256 e. The average Bonchev–Trinajstić information content (AvgIpc) is 2.52. The zero-order valence-electron chi connectivity index (χ0n) is 12.5. The summed E-state index contributed by atoms with van der Waals surface area (Å²) in [5, 5.41) is 1.65. The highest BCUT2D eigenvalue weighted by molar-refractivity contribution is 6.08. The van der Waals surface area contributed by atoms with Crippen molar-refractivity contribution in [1.29, 1.82) is 0 Å². The van der Waals surface area contributed by atoms with Crippen molar-refractivity contribution in [2.45, 2.75) is 13.8 Å². The molecule has 0 radical (unpaired) electrons. The van der Waals surface area contributed by atoms with Crippen LogP contribution in [-0.4, -0.2) is 42.1 Å². The quantitative estimate of drug-likeness (QED) is 0.828. The fourth-order valence-electron chi connectivity index (χ4n) is 2.28. The third-order valence-electron chi connectivity index (χ3n) is 3.43. The Kier molecular flexibility index (Phi) is 5.11. The maximum Gasteiger partial charge on any atom is 0.256 e. The minimum absolute atomic E-state index is 0.0408. The molecule has 112 valence electrons. The summed E-state index contributed by atoms with van der Waals surface area (Å²) in [6, 6.07) is 7.57. The number of hydrogen-bond donors (Lipinski definition) is 1. The average molecular weight is 287 g/mol. The highest BCUT2D eigenvalue weighted by atomic mass is 16.5. The number of likely N-dealkylation sites (N-methyl/N-ethyl adjacent to an activating group) is 1. The van der Waals surface area contributed by atoms with Gasteiger partial charge in [0.2, 0.25) is 0 Å².